The molecule has 0 aromatic carbocycles. The molecular weight excluding hydrogens is 232 g/mol. The summed E-state index contributed by atoms with van der Waals surface area (Å²) >= 11 is 0. The molecule has 0 amide bonds. The van der Waals surface area contributed by atoms with Crippen LogP contribution in [-0.4, -0.2) is 11.7 Å². The van der Waals surface area contributed by atoms with Crippen LogP contribution in [0.1, 0.15) is 104 Å². The average Bonchev–Trinajstić information content (AvgIpc) is 2.41. The van der Waals surface area contributed by atoms with E-state index in [1.54, 1.807) is 0 Å². The Hall–Kier alpha value is -0.0400. The Morgan fingerprint density at radius 1 is 0.579 bits per heavy atom. The zero-order valence-electron chi connectivity index (χ0n) is 13.8. The van der Waals surface area contributed by atoms with E-state index in [0.29, 0.717) is 12.0 Å². The summed E-state index contributed by atoms with van der Waals surface area (Å²) in [7, 11) is 0. The molecule has 0 saturated carbocycles. The maximum atomic E-state index is 9.13. The molecule has 0 bridgehead atoms. The van der Waals surface area contributed by atoms with Crippen LogP contribution in [0.3, 0.4) is 0 Å². The van der Waals surface area contributed by atoms with Gasteiger partial charge in [0, 0.05) is 6.61 Å². The van der Waals surface area contributed by atoms with Crippen LogP contribution in [0, 0.1) is 5.41 Å². The van der Waals surface area contributed by atoms with E-state index in [0.717, 1.165) is 6.42 Å². The Morgan fingerprint density at radius 2 is 1.11 bits per heavy atom. The molecule has 1 N–H and O–H groups in total. The van der Waals surface area contributed by atoms with Crippen molar-refractivity contribution in [1.29, 1.82) is 0 Å². The quantitative estimate of drug-likeness (QED) is 0.378. The second-order valence-electron chi connectivity index (χ2n) is 6.34. The molecule has 0 aromatic heterocycles. The summed E-state index contributed by atoms with van der Waals surface area (Å²) in [4.78, 5) is 0. The van der Waals surface area contributed by atoms with Gasteiger partial charge in [-0.1, -0.05) is 72.1 Å². The van der Waals surface area contributed by atoms with Crippen LogP contribution >= 0.6 is 0 Å². The number of rotatable bonds is 14. The number of aliphatic hydroxyl groups is 1. The molecule has 0 aromatic rings. The smallest absolute Gasteiger partial charge is 0.0431 e. The van der Waals surface area contributed by atoms with Crippen molar-refractivity contribution in [2.24, 2.45) is 5.41 Å². The Morgan fingerprint density at radius 3 is 1.63 bits per heavy atom. The van der Waals surface area contributed by atoms with Crippen LogP contribution in [0.5, 0.6) is 0 Å². The molecule has 0 radical (unpaired) electrons. The van der Waals surface area contributed by atoms with Crippen LogP contribution in [0.25, 0.3) is 0 Å². The van der Waals surface area contributed by atoms with Crippen molar-refractivity contribution in [2.75, 3.05) is 6.61 Å². The van der Waals surface area contributed by atoms with Crippen molar-refractivity contribution >= 4 is 0 Å². The molecule has 0 saturated heterocycles. The van der Waals surface area contributed by atoms with Gasteiger partial charge in [0.05, 0.1) is 0 Å². The van der Waals surface area contributed by atoms with Crippen LogP contribution in [0.2, 0.25) is 0 Å². The maximum Gasteiger partial charge on any atom is 0.0431 e. The molecule has 0 atom stereocenters. The van der Waals surface area contributed by atoms with Crippen LogP contribution in [0.15, 0.2) is 0 Å². The monoisotopic (exact) mass is 270 g/mol. The minimum absolute atomic E-state index is 0.367. The van der Waals surface area contributed by atoms with E-state index in [2.05, 4.69) is 20.8 Å². The molecule has 0 rings (SSSR count). The molecule has 116 valence electrons. The molecule has 19 heavy (non-hydrogen) atoms. The topological polar surface area (TPSA) is 20.2 Å². The number of unbranched alkanes of at least 4 members (excludes halogenated alkanes) is 5. The van der Waals surface area contributed by atoms with Crippen molar-refractivity contribution < 1.29 is 5.11 Å². The van der Waals surface area contributed by atoms with Gasteiger partial charge in [0.2, 0.25) is 0 Å². The first-order valence-corrected chi connectivity index (χ1v) is 8.85. The number of hydrogen-bond donors (Lipinski definition) is 1. The molecule has 0 unspecified atom stereocenters. The van der Waals surface area contributed by atoms with Gasteiger partial charge in [-0.2, -0.15) is 0 Å². The minimum atomic E-state index is 0.367. The van der Waals surface area contributed by atoms with Crippen LogP contribution in [0.4, 0.5) is 0 Å². The highest BCUT2D eigenvalue weighted by Gasteiger charge is 2.26. The summed E-state index contributed by atoms with van der Waals surface area (Å²) in [6.45, 7) is 7.27. The first kappa shape index (κ1) is 19.0. The van der Waals surface area contributed by atoms with E-state index in [-0.39, 0.29) is 0 Å². The number of aliphatic hydroxyl groups excluding tert-OH is 1. The summed E-state index contributed by atoms with van der Waals surface area (Å²) in [5, 5.41) is 9.13. The van der Waals surface area contributed by atoms with E-state index in [4.69, 9.17) is 5.11 Å². The Labute approximate surface area is 122 Å². The first-order valence-electron chi connectivity index (χ1n) is 8.85. The van der Waals surface area contributed by atoms with Gasteiger partial charge in [-0.05, 0) is 37.5 Å². The average molecular weight is 271 g/mol. The largest absolute Gasteiger partial charge is 0.396 e. The Kier molecular flexibility index (Phi) is 12.9. The third-order valence-corrected chi connectivity index (χ3v) is 4.49. The van der Waals surface area contributed by atoms with E-state index in [9.17, 15) is 0 Å². The van der Waals surface area contributed by atoms with Crippen molar-refractivity contribution in [3.63, 3.8) is 0 Å². The van der Waals surface area contributed by atoms with Gasteiger partial charge in [-0.3, -0.25) is 0 Å². The molecule has 0 heterocycles. The molecule has 1 heteroatoms. The van der Waals surface area contributed by atoms with Crippen molar-refractivity contribution in [3.05, 3.63) is 0 Å². The van der Waals surface area contributed by atoms with E-state index in [1.807, 2.05) is 0 Å². The lowest BCUT2D eigenvalue weighted by atomic mass is 9.72. The maximum absolute atomic E-state index is 9.13. The zero-order chi connectivity index (χ0) is 14.4. The van der Waals surface area contributed by atoms with Gasteiger partial charge in [-0.25, -0.2) is 0 Å². The van der Waals surface area contributed by atoms with E-state index < -0.39 is 0 Å². The summed E-state index contributed by atoms with van der Waals surface area (Å²) in [6.07, 6.45) is 17.3. The summed E-state index contributed by atoms with van der Waals surface area (Å²) in [6, 6.07) is 0. The van der Waals surface area contributed by atoms with Crippen LogP contribution in [-0.2, 0) is 0 Å². The van der Waals surface area contributed by atoms with Crippen molar-refractivity contribution in [1.82, 2.24) is 0 Å². The second kappa shape index (κ2) is 13.0. The fourth-order valence-corrected chi connectivity index (χ4v) is 3.55. The molecule has 0 aliphatic carbocycles. The lowest BCUT2D eigenvalue weighted by Crippen LogP contribution is -2.21. The highest BCUT2D eigenvalue weighted by Crippen LogP contribution is 2.40. The van der Waals surface area contributed by atoms with Gasteiger partial charge in [0.1, 0.15) is 0 Å². The minimum Gasteiger partial charge on any atom is -0.396 e. The third-order valence-electron chi connectivity index (χ3n) is 4.49. The van der Waals surface area contributed by atoms with Gasteiger partial charge < -0.3 is 5.11 Å². The molecular formula is C18H38O. The summed E-state index contributed by atoms with van der Waals surface area (Å²) in [5.41, 5.74) is 0.539. The van der Waals surface area contributed by atoms with Crippen LogP contribution < -0.4 is 0 Å². The van der Waals surface area contributed by atoms with Gasteiger partial charge in [0.25, 0.3) is 0 Å². The van der Waals surface area contributed by atoms with Crippen molar-refractivity contribution in [2.45, 2.75) is 104 Å². The normalized spacial score (nSPS) is 12.0. The zero-order valence-corrected chi connectivity index (χ0v) is 13.8. The van der Waals surface area contributed by atoms with Gasteiger partial charge >= 0.3 is 0 Å². The fraction of sp³-hybridized carbons (Fsp3) is 1.00. The number of hydrogen-bond acceptors (Lipinski definition) is 1. The third kappa shape index (κ3) is 9.49. The van der Waals surface area contributed by atoms with Gasteiger partial charge in [0.15, 0.2) is 0 Å². The van der Waals surface area contributed by atoms with Crippen molar-refractivity contribution in [3.8, 4) is 0 Å². The summed E-state index contributed by atoms with van der Waals surface area (Å²) < 4.78 is 0. The predicted molar refractivity (Wildman–Crippen MR) is 86.6 cm³/mol. The molecule has 0 spiro atoms. The predicted octanol–water partition coefficient (Wildman–Crippen LogP) is 6.10. The van der Waals surface area contributed by atoms with E-state index >= 15 is 0 Å². The molecule has 0 aliphatic heterocycles. The summed E-state index contributed by atoms with van der Waals surface area (Å²) in [5.74, 6) is 0. The molecule has 0 fully saturated rings. The second-order valence-corrected chi connectivity index (χ2v) is 6.34. The van der Waals surface area contributed by atoms with Gasteiger partial charge in [-0.15, -0.1) is 0 Å². The highest BCUT2D eigenvalue weighted by atomic mass is 16.2. The SMILES string of the molecule is CCCCCCCCC(CCC)(CCC)CCCO. The lowest BCUT2D eigenvalue weighted by molar-refractivity contribution is 0.162. The Balaban J connectivity index is 4.06. The lowest BCUT2D eigenvalue weighted by Gasteiger charge is -2.34. The molecule has 1 nitrogen and oxygen atoms in total. The fourth-order valence-electron chi connectivity index (χ4n) is 3.55. The Bertz CT molecular complexity index is 171. The highest BCUT2D eigenvalue weighted by molar-refractivity contribution is 4.78. The van der Waals surface area contributed by atoms with E-state index in [1.165, 1.54) is 77.0 Å². The molecule has 0 aliphatic rings. The standard InChI is InChI=1S/C18H38O/c1-4-7-8-9-10-11-15-18(13-5-2,14-6-3)16-12-17-19/h19H,4-17H2,1-3H3. The first-order chi connectivity index (χ1) is 9.24.